The molecule has 5 rings (SSSR count). The molecule has 8 heteroatoms. The molecule has 2 aliphatic heterocycles. The topological polar surface area (TPSA) is 70.9 Å². The number of nitrogens with zero attached hydrogens (tertiary/aromatic N) is 5. The number of halogens is 1. The van der Waals surface area contributed by atoms with E-state index in [1.165, 1.54) is 12.1 Å². The number of rotatable bonds is 2. The summed E-state index contributed by atoms with van der Waals surface area (Å²) in [5.74, 6) is 0.633. The van der Waals surface area contributed by atoms with Crippen LogP contribution in [0.4, 0.5) is 16.0 Å². The monoisotopic (exact) mass is 405 g/mol. The second kappa shape index (κ2) is 7.37. The zero-order chi connectivity index (χ0) is 20.7. The number of fused-ring (bicyclic) bond motifs is 2. The fraction of sp³-hybridized carbons (Fsp3) is 0.273. The molecule has 30 heavy (non-hydrogen) atoms. The third-order valence-corrected chi connectivity index (χ3v) is 5.40. The average Bonchev–Trinajstić information content (AvgIpc) is 3.20. The average molecular weight is 405 g/mol. The molecule has 1 unspecified atom stereocenters. The van der Waals surface area contributed by atoms with E-state index < -0.39 is 6.10 Å². The molecule has 0 aliphatic carbocycles. The van der Waals surface area contributed by atoms with Crippen LogP contribution in [0, 0.1) is 5.82 Å². The third kappa shape index (κ3) is 3.24. The summed E-state index contributed by atoms with van der Waals surface area (Å²) in [6.45, 7) is 1.28. The highest BCUT2D eigenvalue weighted by molar-refractivity contribution is 6.07. The summed E-state index contributed by atoms with van der Waals surface area (Å²) in [5, 5.41) is 4.04. The summed E-state index contributed by atoms with van der Waals surface area (Å²) in [4.78, 5) is 32.0. The van der Waals surface area contributed by atoms with Crippen LogP contribution >= 0.6 is 0 Å². The van der Waals surface area contributed by atoms with Crippen molar-refractivity contribution in [3.63, 3.8) is 0 Å². The van der Waals surface area contributed by atoms with Gasteiger partial charge in [0.25, 0.3) is 5.91 Å². The van der Waals surface area contributed by atoms with E-state index in [9.17, 15) is 9.18 Å². The van der Waals surface area contributed by atoms with Gasteiger partial charge in [0.2, 0.25) is 6.10 Å². The van der Waals surface area contributed by atoms with Gasteiger partial charge in [-0.05, 0) is 30.7 Å². The van der Waals surface area contributed by atoms with Crippen LogP contribution in [-0.4, -0.2) is 47.8 Å². The van der Waals surface area contributed by atoms with Crippen LogP contribution in [0.25, 0.3) is 11.0 Å². The first-order chi connectivity index (χ1) is 14.6. The Kier molecular flexibility index (Phi) is 4.54. The van der Waals surface area contributed by atoms with E-state index in [-0.39, 0.29) is 18.1 Å². The van der Waals surface area contributed by atoms with Gasteiger partial charge in [-0.25, -0.2) is 14.4 Å². The van der Waals surface area contributed by atoms with E-state index in [4.69, 9.17) is 14.8 Å². The number of hydrogen-bond donors (Lipinski definition) is 0. The number of carbonyl (C=O) groups excluding carboxylic acids is 1. The number of anilines is 2. The van der Waals surface area contributed by atoms with Crippen molar-refractivity contribution in [2.75, 3.05) is 29.9 Å². The number of amides is 1. The Balaban J connectivity index is 1.45. The summed E-state index contributed by atoms with van der Waals surface area (Å²) in [6, 6.07) is 13.7. The molecule has 7 nitrogen and oxygen atoms in total. The third-order valence-electron chi connectivity index (χ3n) is 5.40. The summed E-state index contributed by atoms with van der Waals surface area (Å²) < 4.78 is 13.6. The van der Waals surface area contributed by atoms with Crippen LogP contribution in [0.3, 0.4) is 0 Å². The smallest absolute Gasteiger partial charge is 0.272 e. The highest BCUT2D eigenvalue weighted by atomic mass is 19.1. The fourth-order valence-electron chi connectivity index (χ4n) is 3.83. The first-order valence-corrected chi connectivity index (χ1v) is 9.88. The molecule has 0 fully saturated rings. The molecule has 2 aliphatic rings. The lowest BCUT2D eigenvalue weighted by Crippen LogP contribution is -2.40. The Morgan fingerprint density at radius 1 is 1.07 bits per heavy atom. The van der Waals surface area contributed by atoms with Gasteiger partial charge in [-0.2, -0.15) is 0 Å². The quantitative estimate of drug-likeness (QED) is 0.655. The van der Waals surface area contributed by atoms with E-state index >= 15 is 0 Å². The van der Waals surface area contributed by atoms with Crippen LogP contribution in [0.15, 0.2) is 53.7 Å². The minimum atomic E-state index is -0.771. The Bertz CT molecular complexity index is 1170. The lowest BCUT2D eigenvalue weighted by atomic mass is 10.0. The highest BCUT2D eigenvalue weighted by Gasteiger charge is 2.36. The minimum absolute atomic E-state index is 0.216. The maximum Gasteiger partial charge on any atom is 0.272 e. The molecule has 0 spiro atoms. The van der Waals surface area contributed by atoms with Gasteiger partial charge >= 0.3 is 0 Å². The van der Waals surface area contributed by atoms with Crippen molar-refractivity contribution in [2.24, 2.45) is 5.16 Å². The van der Waals surface area contributed by atoms with Gasteiger partial charge in [0, 0.05) is 32.1 Å². The van der Waals surface area contributed by atoms with Crippen LogP contribution in [0.2, 0.25) is 0 Å². The van der Waals surface area contributed by atoms with Crippen molar-refractivity contribution >= 4 is 34.3 Å². The van der Waals surface area contributed by atoms with E-state index in [0.717, 1.165) is 24.0 Å². The molecule has 152 valence electrons. The second-order valence-corrected chi connectivity index (χ2v) is 7.47. The molecule has 0 saturated heterocycles. The lowest BCUT2D eigenvalue weighted by Gasteiger charge is -2.24. The van der Waals surface area contributed by atoms with E-state index in [0.29, 0.717) is 29.5 Å². The van der Waals surface area contributed by atoms with E-state index in [1.54, 1.807) is 17.0 Å². The largest absolute Gasteiger partial charge is 0.382 e. The van der Waals surface area contributed by atoms with Crippen molar-refractivity contribution in [3.05, 3.63) is 59.9 Å². The molecular weight excluding hydrogens is 385 g/mol. The molecule has 2 aromatic carbocycles. The molecule has 1 aromatic heterocycles. The summed E-state index contributed by atoms with van der Waals surface area (Å²) in [7, 11) is 1.95. The first kappa shape index (κ1) is 18.5. The normalized spacial score (nSPS) is 18.6. The predicted octanol–water partition coefficient (Wildman–Crippen LogP) is 3.14. The molecule has 3 aromatic rings. The Morgan fingerprint density at radius 2 is 1.83 bits per heavy atom. The highest BCUT2D eigenvalue weighted by Crippen LogP contribution is 2.31. The van der Waals surface area contributed by atoms with Crippen molar-refractivity contribution in [3.8, 4) is 0 Å². The Morgan fingerprint density at radius 3 is 2.60 bits per heavy atom. The van der Waals surface area contributed by atoms with Gasteiger partial charge in [0.1, 0.15) is 5.82 Å². The number of benzene rings is 2. The van der Waals surface area contributed by atoms with Crippen LogP contribution in [-0.2, 0) is 9.63 Å². The minimum Gasteiger partial charge on any atom is -0.382 e. The maximum absolute atomic E-state index is 13.6. The van der Waals surface area contributed by atoms with Gasteiger partial charge in [-0.15, -0.1) is 0 Å². The predicted molar refractivity (Wildman–Crippen MR) is 112 cm³/mol. The maximum atomic E-state index is 13.6. The van der Waals surface area contributed by atoms with Crippen molar-refractivity contribution in [1.82, 2.24) is 9.97 Å². The van der Waals surface area contributed by atoms with Crippen LogP contribution in [0.5, 0.6) is 0 Å². The lowest BCUT2D eigenvalue weighted by molar-refractivity contribution is -0.128. The van der Waals surface area contributed by atoms with E-state index in [1.807, 2.05) is 36.2 Å². The summed E-state index contributed by atoms with van der Waals surface area (Å²) in [6.07, 6.45) is 0.291. The number of aromatic nitrogens is 2. The van der Waals surface area contributed by atoms with Crippen molar-refractivity contribution < 1.29 is 14.0 Å². The molecule has 0 radical (unpaired) electrons. The summed E-state index contributed by atoms with van der Waals surface area (Å²) >= 11 is 0. The van der Waals surface area contributed by atoms with Gasteiger partial charge in [-0.3, -0.25) is 9.69 Å². The number of hydrogen-bond acceptors (Lipinski definition) is 6. The second-order valence-electron chi connectivity index (χ2n) is 7.47. The number of para-hydroxylation sites is 2. The Labute approximate surface area is 172 Å². The Hall–Kier alpha value is -3.55. The zero-order valence-corrected chi connectivity index (χ0v) is 16.5. The van der Waals surface area contributed by atoms with Crippen LogP contribution < -0.4 is 9.80 Å². The number of oxime groups is 1. The molecular formula is C22H20FN5O2. The molecule has 0 bridgehead atoms. The van der Waals surface area contributed by atoms with Gasteiger partial charge < -0.3 is 9.74 Å². The van der Waals surface area contributed by atoms with Crippen molar-refractivity contribution in [2.45, 2.75) is 18.9 Å². The van der Waals surface area contributed by atoms with Gasteiger partial charge in [0.15, 0.2) is 11.6 Å². The molecule has 0 saturated carbocycles. The molecule has 0 N–H and O–H groups in total. The van der Waals surface area contributed by atoms with Crippen LogP contribution in [0.1, 0.15) is 18.4 Å². The van der Waals surface area contributed by atoms with E-state index in [2.05, 4.69) is 5.16 Å². The molecule has 1 atom stereocenters. The van der Waals surface area contributed by atoms with Gasteiger partial charge in [0.05, 0.1) is 16.7 Å². The molecule has 1 amide bonds. The zero-order valence-electron chi connectivity index (χ0n) is 16.5. The van der Waals surface area contributed by atoms with Crippen molar-refractivity contribution in [1.29, 1.82) is 0 Å². The first-order valence-electron chi connectivity index (χ1n) is 9.88. The fourth-order valence-corrected chi connectivity index (χ4v) is 3.83. The summed E-state index contributed by atoms with van der Waals surface area (Å²) in [5.41, 5.74) is 2.69. The number of carbonyl (C=O) groups is 1. The SMILES string of the molecule is CN1CCCN(C(=O)C2CC(c3cccc(F)c3)=NO2)c2nc3ccccc3nc21. The molecule has 3 heterocycles. The standard InChI is InChI=1S/C22H20FN5O2/c1-27-10-5-11-28(21-20(27)24-16-8-2-3-9-17(16)25-21)22(29)19-13-18(26-30-19)14-6-4-7-15(23)12-14/h2-4,6-9,12,19H,5,10-11,13H2,1H3. The van der Waals surface area contributed by atoms with Gasteiger partial charge in [-0.1, -0.05) is 29.4 Å².